The summed E-state index contributed by atoms with van der Waals surface area (Å²) in [6, 6.07) is 0. The summed E-state index contributed by atoms with van der Waals surface area (Å²) in [5.41, 5.74) is 1.61. The molecule has 23 heavy (non-hydrogen) atoms. The Kier molecular flexibility index (Phi) is 6.36. The van der Waals surface area contributed by atoms with Crippen LogP contribution >= 0.6 is 11.3 Å². The van der Waals surface area contributed by atoms with Crippen molar-refractivity contribution in [2.24, 2.45) is 5.92 Å². The number of nitrogens with one attached hydrogen (secondary N) is 2. The number of carbonyl (C=O) groups excluding carboxylic acids is 2. The molecule has 0 aliphatic heterocycles. The second-order valence-electron chi connectivity index (χ2n) is 5.74. The summed E-state index contributed by atoms with van der Waals surface area (Å²) in [4.78, 5) is 25.6. The molecule has 126 valence electrons. The van der Waals surface area contributed by atoms with Crippen molar-refractivity contribution in [3.8, 4) is 0 Å². The van der Waals surface area contributed by atoms with Crippen LogP contribution in [0.15, 0.2) is 12.7 Å². The van der Waals surface area contributed by atoms with Crippen molar-refractivity contribution in [3.63, 3.8) is 0 Å². The molecule has 0 saturated heterocycles. The van der Waals surface area contributed by atoms with Crippen LogP contribution in [0, 0.1) is 5.92 Å². The van der Waals surface area contributed by atoms with Crippen molar-refractivity contribution < 1.29 is 14.3 Å². The number of anilines is 1. The molecule has 1 aromatic heterocycles. The molecule has 0 saturated carbocycles. The topological polar surface area (TPSA) is 67.4 Å². The minimum atomic E-state index is -0.339. The maximum absolute atomic E-state index is 12.3. The van der Waals surface area contributed by atoms with Crippen LogP contribution in [0.2, 0.25) is 0 Å². The molecule has 1 amide bonds. The summed E-state index contributed by atoms with van der Waals surface area (Å²) in [6.07, 6.45) is 4.58. The molecule has 1 aliphatic carbocycles. The fourth-order valence-electron chi connectivity index (χ4n) is 2.72. The van der Waals surface area contributed by atoms with Crippen LogP contribution in [-0.2, 0) is 22.4 Å². The largest absolute Gasteiger partial charge is 0.462 e. The van der Waals surface area contributed by atoms with E-state index in [0.29, 0.717) is 29.6 Å². The Hall–Kier alpha value is -1.66. The van der Waals surface area contributed by atoms with Gasteiger partial charge in [0.15, 0.2) is 0 Å². The van der Waals surface area contributed by atoms with Gasteiger partial charge < -0.3 is 15.4 Å². The molecule has 1 aromatic rings. The number of rotatable bonds is 7. The van der Waals surface area contributed by atoms with E-state index in [1.807, 2.05) is 0 Å². The molecule has 1 heterocycles. The predicted octanol–water partition coefficient (Wildman–Crippen LogP) is 2.76. The first-order valence-electron chi connectivity index (χ1n) is 7.99. The van der Waals surface area contributed by atoms with Gasteiger partial charge in [0, 0.05) is 11.4 Å². The first-order chi connectivity index (χ1) is 11.1. The van der Waals surface area contributed by atoms with Crippen LogP contribution < -0.4 is 10.6 Å². The molecule has 0 aromatic carbocycles. The van der Waals surface area contributed by atoms with Crippen LogP contribution in [0.5, 0.6) is 0 Å². The summed E-state index contributed by atoms with van der Waals surface area (Å²) < 4.78 is 5.19. The lowest BCUT2D eigenvalue weighted by Crippen LogP contribution is -2.28. The average Bonchev–Trinajstić information content (AvgIpc) is 2.84. The maximum atomic E-state index is 12.3. The van der Waals surface area contributed by atoms with Gasteiger partial charge in [-0.3, -0.25) is 4.79 Å². The molecular weight excluding hydrogens is 312 g/mol. The molecule has 0 unspecified atom stereocenters. The highest BCUT2D eigenvalue weighted by atomic mass is 32.1. The maximum Gasteiger partial charge on any atom is 0.341 e. The van der Waals surface area contributed by atoms with Gasteiger partial charge in [0.05, 0.1) is 18.7 Å². The SMILES string of the molecule is C=CCNCC(=O)Nc1sc2c(c1C(=O)OCC)CC[C@H](C)C2. The smallest absolute Gasteiger partial charge is 0.341 e. The first kappa shape index (κ1) is 17.7. The molecule has 0 spiro atoms. The van der Waals surface area contributed by atoms with E-state index in [0.717, 1.165) is 24.8 Å². The third-order valence-corrected chi connectivity index (χ3v) is 4.99. The number of ether oxygens (including phenoxy) is 1. The predicted molar refractivity (Wildman–Crippen MR) is 93.2 cm³/mol. The lowest BCUT2D eigenvalue weighted by Gasteiger charge is -2.18. The highest BCUT2D eigenvalue weighted by molar-refractivity contribution is 7.17. The Morgan fingerprint density at radius 1 is 1.48 bits per heavy atom. The van der Waals surface area contributed by atoms with Gasteiger partial charge in [0.1, 0.15) is 5.00 Å². The molecule has 5 nitrogen and oxygen atoms in total. The molecule has 0 fully saturated rings. The Morgan fingerprint density at radius 2 is 2.26 bits per heavy atom. The highest BCUT2D eigenvalue weighted by Gasteiger charge is 2.28. The standard InChI is InChI=1S/C17H24N2O3S/c1-4-8-18-10-14(20)19-16-15(17(21)22-5-2)12-7-6-11(3)9-13(12)23-16/h4,11,18H,1,5-10H2,2-3H3,(H,19,20)/t11-/m0/s1. The summed E-state index contributed by atoms with van der Waals surface area (Å²) in [5.74, 6) is 0.104. The van der Waals surface area contributed by atoms with Crippen molar-refractivity contribution in [2.75, 3.05) is 25.0 Å². The van der Waals surface area contributed by atoms with E-state index in [-0.39, 0.29) is 18.4 Å². The lowest BCUT2D eigenvalue weighted by molar-refractivity contribution is -0.115. The molecule has 1 atom stereocenters. The molecule has 0 radical (unpaired) electrons. The Balaban J connectivity index is 2.21. The summed E-state index contributed by atoms with van der Waals surface area (Å²) in [7, 11) is 0. The Labute approximate surface area is 141 Å². The van der Waals surface area contributed by atoms with E-state index in [1.165, 1.54) is 16.2 Å². The first-order valence-corrected chi connectivity index (χ1v) is 8.81. The number of hydrogen-bond donors (Lipinski definition) is 2. The summed E-state index contributed by atoms with van der Waals surface area (Å²) in [6.45, 7) is 8.68. The van der Waals surface area contributed by atoms with E-state index < -0.39 is 0 Å². The number of esters is 1. The van der Waals surface area contributed by atoms with Crippen molar-refractivity contribution in [1.29, 1.82) is 0 Å². The zero-order chi connectivity index (χ0) is 16.8. The monoisotopic (exact) mass is 336 g/mol. The third-order valence-electron chi connectivity index (χ3n) is 3.82. The minimum absolute atomic E-state index is 0.163. The van der Waals surface area contributed by atoms with Crippen molar-refractivity contribution >= 4 is 28.2 Å². The van der Waals surface area contributed by atoms with E-state index >= 15 is 0 Å². The van der Waals surface area contributed by atoms with Crippen LogP contribution in [-0.4, -0.2) is 31.6 Å². The van der Waals surface area contributed by atoms with Gasteiger partial charge in [-0.2, -0.15) is 0 Å². The summed E-state index contributed by atoms with van der Waals surface area (Å²) >= 11 is 1.51. The normalized spacial score (nSPS) is 16.5. The van der Waals surface area contributed by atoms with Crippen molar-refractivity contribution in [3.05, 3.63) is 28.7 Å². The van der Waals surface area contributed by atoms with Gasteiger partial charge in [-0.1, -0.05) is 13.0 Å². The van der Waals surface area contributed by atoms with Gasteiger partial charge >= 0.3 is 5.97 Å². The number of hydrogen-bond acceptors (Lipinski definition) is 5. The molecule has 0 bridgehead atoms. The minimum Gasteiger partial charge on any atom is -0.462 e. The van der Waals surface area contributed by atoms with Gasteiger partial charge in [-0.25, -0.2) is 4.79 Å². The number of fused-ring (bicyclic) bond motifs is 1. The fourth-order valence-corrected chi connectivity index (χ4v) is 4.13. The van der Waals surface area contributed by atoms with Crippen LogP contribution in [0.4, 0.5) is 5.00 Å². The van der Waals surface area contributed by atoms with Gasteiger partial charge in [0.25, 0.3) is 0 Å². The molecule has 1 aliphatic rings. The van der Waals surface area contributed by atoms with E-state index in [2.05, 4.69) is 24.1 Å². The van der Waals surface area contributed by atoms with Crippen molar-refractivity contribution in [2.45, 2.75) is 33.1 Å². The number of carbonyl (C=O) groups is 2. The van der Waals surface area contributed by atoms with Gasteiger partial charge in [-0.15, -0.1) is 17.9 Å². The molecule has 2 rings (SSSR count). The van der Waals surface area contributed by atoms with Crippen LogP contribution in [0.25, 0.3) is 0 Å². The average molecular weight is 336 g/mol. The Bertz CT molecular complexity index is 595. The molecule has 6 heteroatoms. The van der Waals surface area contributed by atoms with E-state index in [1.54, 1.807) is 13.0 Å². The quantitative estimate of drug-likeness (QED) is 0.456. The van der Waals surface area contributed by atoms with Crippen LogP contribution in [0.3, 0.4) is 0 Å². The zero-order valence-corrected chi connectivity index (χ0v) is 14.6. The van der Waals surface area contributed by atoms with E-state index in [9.17, 15) is 9.59 Å². The lowest BCUT2D eigenvalue weighted by atomic mass is 9.88. The zero-order valence-electron chi connectivity index (χ0n) is 13.7. The third kappa shape index (κ3) is 4.42. The van der Waals surface area contributed by atoms with E-state index in [4.69, 9.17) is 4.74 Å². The Morgan fingerprint density at radius 3 is 2.96 bits per heavy atom. The number of thiophene rings is 1. The van der Waals surface area contributed by atoms with Gasteiger partial charge in [0.2, 0.25) is 5.91 Å². The number of amides is 1. The second kappa shape index (κ2) is 8.26. The molecular formula is C17H24N2O3S. The highest BCUT2D eigenvalue weighted by Crippen LogP contribution is 2.40. The second-order valence-corrected chi connectivity index (χ2v) is 6.85. The van der Waals surface area contributed by atoms with Crippen LogP contribution in [0.1, 0.15) is 41.1 Å². The summed E-state index contributed by atoms with van der Waals surface area (Å²) in [5, 5.41) is 6.44. The van der Waals surface area contributed by atoms with Gasteiger partial charge in [-0.05, 0) is 37.7 Å². The van der Waals surface area contributed by atoms with Crippen molar-refractivity contribution in [1.82, 2.24) is 5.32 Å². The fraction of sp³-hybridized carbons (Fsp3) is 0.529. The molecule has 2 N–H and O–H groups in total.